The zero-order valence-electron chi connectivity index (χ0n) is 9.85. The standard InChI is InChI=1S/C12H11ClFN3O2/c13-10-2-1-9(14)5-8(10)7-19-12(18)6-17-4-3-11(15)16-17/h1-5H,6-7H2,(H2,15,16). The molecule has 0 aliphatic heterocycles. The third-order valence-corrected chi connectivity index (χ3v) is 2.72. The largest absolute Gasteiger partial charge is 0.459 e. The van der Waals surface area contributed by atoms with Gasteiger partial charge in [0.2, 0.25) is 0 Å². The molecule has 1 aromatic carbocycles. The van der Waals surface area contributed by atoms with Gasteiger partial charge in [-0.3, -0.25) is 9.48 Å². The highest BCUT2D eigenvalue weighted by Crippen LogP contribution is 2.17. The molecular weight excluding hydrogens is 273 g/mol. The van der Waals surface area contributed by atoms with Crippen LogP contribution in [0.4, 0.5) is 10.2 Å². The summed E-state index contributed by atoms with van der Waals surface area (Å²) in [6.45, 7) is -0.156. The van der Waals surface area contributed by atoms with Crippen molar-refractivity contribution in [3.63, 3.8) is 0 Å². The molecule has 2 rings (SSSR count). The molecule has 5 nitrogen and oxygen atoms in total. The second-order valence-corrected chi connectivity index (χ2v) is 4.24. The van der Waals surface area contributed by atoms with Crippen molar-refractivity contribution in [2.45, 2.75) is 13.2 Å². The second-order valence-electron chi connectivity index (χ2n) is 3.83. The number of ether oxygens (including phenoxy) is 1. The summed E-state index contributed by atoms with van der Waals surface area (Å²) in [5, 5.41) is 4.19. The van der Waals surface area contributed by atoms with Crippen LogP contribution in [0.3, 0.4) is 0 Å². The normalized spacial score (nSPS) is 10.4. The van der Waals surface area contributed by atoms with Gasteiger partial charge in [-0.25, -0.2) is 4.39 Å². The number of hydrogen-bond donors (Lipinski definition) is 1. The van der Waals surface area contributed by atoms with Gasteiger partial charge in [0.15, 0.2) is 0 Å². The van der Waals surface area contributed by atoms with E-state index in [1.54, 1.807) is 12.3 Å². The van der Waals surface area contributed by atoms with Gasteiger partial charge in [0.25, 0.3) is 0 Å². The Balaban J connectivity index is 1.91. The molecule has 1 aromatic heterocycles. The third-order valence-electron chi connectivity index (χ3n) is 2.35. The molecule has 0 unspecified atom stereocenters. The first-order chi connectivity index (χ1) is 9.04. The van der Waals surface area contributed by atoms with Crippen molar-refractivity contribution in [2.24, 2.45) is 0 Å². The molecule has 0 fully saturated rings. The Bertz CT molecular complexity index is 600. The van der Waals surface area contributed by atoms with Crippen molar-refractivity contribution in [3.8, 4) is 0 Å². The van der Waals surface area contributed by atoms with Gasteiger partial charge >= 0.3 is 5.97 Å². The highest BCUT2D eigenvalue weighted by molar-refractivity contribution is 6.31. The lowest BCUT2D eigenvalue weighted by atomic mass is 10.2. The van der Waals surface area contributed by atoms with E-state index in [9.17, 15) is 9.18 Å². The quantitative estimate of drug-likeness (QED) is 0.871. The lowest BCUT2D eigenvalue weighted by Gasteiger charge is -2.06. The van der Waals surface area contributed by atoms with Gasteiger partial charge in [0.05, 0.1) is 0 Å². The number of anilines is 1. The summed E-state index contributed by atoms with van der Waals surface area (Å²) in [6, 6.07) is 5.44. The average molecular weight is 284 g/mol. The summed E-state index contributed by atoms with van der Waals surface area (Å²) < 4.78 is 19.3. The smallest absolute Gasteiger partial charge is 0.328 e. The lowest BCUT2D eigenvalue weighted by molar-refractivity contribution is -0.145. The maximum absolute atomic E-state index is 13.0. The number of nitrogens with zero attached hydrogens (tertiary/aromatic N) is 2. The maximum Gasteiger partial charge on any atom is 0.328 e. The Morgan fingerprint density at radius 2 is 2.26 bits per heavy atom. The number of esters is 1. The van der Waals surface area contributed by atoms with Crippen LogP contribution in [0.1, 0.15) is 5.56 Å². The molecule has 0 aliphatic carbocycles. The van der Waals surface area contributed by atoms with Crippen LogP contribution < -0.4 is 5.73 Å². The molecule has 0 bridgehead atoms. The van der Waals surface area contributed by atoms with Crippen molar-refractivity contribution in [1.29, 1.82) is 0 Å². The SMILES string of the molecule is Nc1ccn(CC(=O)OCc2cc(F)ccc2Cl)n1. The number of aromatic nitrogens is 2. The summed E-state index contributed by atoms with van der Waals surface area (Å²) in [4.78, 5) is 11.5. The topological polar surface area (TPSA) is 70.1 Å². The highest BCUT2D eigenvalue weighted by Gasteiger charge is 2.08. The first-order valence-corrected chi connectivity index (χ1v) is 5.81. The molecule has 0 radical (unpaired) electrons. The van der Waals surface area contributed by atoms with E-state index in [4.69, 9.17) is 22.1 Å². The Labute approximate surface area is 113 Å². The number of nitrogens with two attached hydrogens (primary N) is 1. The van der Waals surface area contributed by atoms with E-state index >= 15 is 0 Å². The number of hydrogen-bond acceptors (Lipinski definition) is 4. The third kappa shape index (κ3) is 3.69. The average Bonchev–Trinajstić information content (AvgIpc) is 2.76. The molecule has 0 amide bonds. The van der Waals surface area contributed by atoms with Crippen LogP contribution in [-0.4, -0.2) is 15.7 Å². The Kier molecular flexibility index (Phi) is 4.01. The zero-order valence-corrected chi connectivity index (χ0v) is 10.6. The zero-order chi connectivity index (χ0) is 13.8. The van der Waals surface area contributed by atoms with E-state index in [-0.39, 0.29) is 13.2 Å². The minimum Gasteiger partial charge on any atom is -0.459 e. The van der Waals surface area contributed by atoms with Crippen molar-refractivity contribution >= 4 is 23.4 Å². The molecule has 2 N–H and O–H groups in total. The van der Waals surface area contributed by atoms with Crippen LogP contribution in [0, 0.1) is 5.82 Å². The molecule has 0 saturated heterocycles. The monoisotopic (exact) mass is 283 g/mol. The number of halogens is 2. The first-order valence-electron chi connectivity index (χ1n) is 5.43. The second kappa shape index (κ2) is 5.71. The van der Waals surface area contributed by atoms with Crippen LogP contribution in [0.2, 0.25) is 5.02 Å². The van der Waals surface area contributed by atoms with E-state index < -0.39 is 11.8 Å². The van der Waals surface area contributed by atoms with Gasteiger partial charge < -0.3 is 10.5 Å². The van der Waals surface area contributed by atoms with Gasteiger partial charge in [-0.1, -0.05) is 11.6 Å². The number of carbonyl (C=O) groups excluding carboxylic acids is 1. The molecule has 7 heteroatoms. The van der Waals surface area contributed by atoms with E-state index in [0.717, 1.165) is 0 Å². The van der Waals surface area contributed by atoms with E-state index in [1.165, 1.54) is 22.9 Å². The molecule has 1 heterocycles. The van der Waals surface area contributed by atoms with Crippen molar-refractivity contribution in [1.82, 2.24) is 9.78 Å². The molecule has 0 saturated carbocycles. The predicted molar refractivity (Wildman–Crippen MR) is 67.8 cm³/mol. The number of benzene rings is 1. The van der Waals surface area contributed by atoms with Crippen LogP contribution in [0.25, 0.3) is 0 Å². The fraction of sp³-hybridized carbons (Fsp3) is 0.167. The lowest BCUT2D eigenvalue weighted by Crippen LogP contribution is -2.14. The molecular formula is C12H11ClFN3O2. The highest BCUT2D eigenvalue weighted by atomic mass is 35.5. The van der Waals surface area contributed by atoms with Crippen LogP contribution in [0.5, 0.6) is 0 Å². The summed E-state index contributed by atoms with van der Waals surface area (Å²) in [7, 11) is 0. The van der Waals surface area contributed by atoms with Crippen molar-refractivity contribution < 1.29 is 13.9 Å². The minimum absolute atomic E-state index is 0.0653. The summed E-state index contributed by atoms with van der Waals surface area (Å²) in [5.41, 5.74) is 5.82. The van der Waals surface area contributed by atoms with Gasteiger partial charge in [-0.15, -0.1) is 0 Å². The van der Waals surface area contributed by atoms with Gasteiger partial charge in [0, 0.05) is 16.8 Å². The fourth-order valence-electron chi connectivity index (χ4n) is 1.46. The van der Waals surface area contributed by atoms with Crippen LogP contribution in [-0.2, 0) is 22.7 Å². The van der Waals surface area contributed by atoms with Crippen LogP contribution >= 0.6 is 11.6 Å². The number of nitrogen functional groups attached to an aromatic ring is 1. The van der Waals surface area contributed by atoms with Gasteiger partial charge in [0.1, 0.15) is 24.8 Å². The number of rotatable bonds is 4. The Morgan fingerprint density at radius 1 is 1.47 bits per heavy atom. The number of carbonyl (C=O) groups is 1. The molecule has 19 heavy (non-hydrogen) atoms. The fourth-order valence-corrected chi connectivity index (χ4v) is 1.63. The molecule has 0 spiro atoms. The van der Waals surface area contributed by atoms with Crippen molar-refractivity contribution in [3.05, 3.63) is 46.9 Å². The van der Waals surface area contributed by atoms with E-state index in [2.05, 4.69) is 5.10 Å². The van der Waals surface area contributed by atoms with Crippen molar-refractivity contribution in [2.75, 3.05) is 5.73 Å². The first kappa shape index (κ1) is 13.4. The molecule has 0 atom stereocenters. The molecule has 0 aliphatic rings. The molecule has 2 aromatic rings. The van der Waals surface area contributed by atoms with E-state index in [0.29, 0.717) is 16.4 Å². The maximum atomic E-state index is 13.0. The minimum atomic E-state index is -0.511. The van der Waals surface area contributed by atoms with E-state index in [1.807, 2.05) is 0 Å². The summed E-state index contributed by atoms with van der Waals surface area (Å²) in [6.07, 6.45) is 1.56. The summed E-state index contributed by atoms with van der Waals surface area (Å²) in [5.74, 6) is -0.625. The Hall–Kier alpha value is -2.08. The predicted octanol–water partition coefficient (Wildman–Crippen LogP) is 2.00. The summed E-state index contributed by atoms with van der Waals surface area (Å²) >= 11 is 5.85. The van der Waals surface area contributed by atoms with Gasteiger partial charge in [-0.2, -0.15) is 5.10 Å². The Morgan fingerprint density at radius 3 is 2.95 bits per heavy atom. The van der Waals surface area contributed by atoms with Gasteiger partial charge in [-0.05, 0) is 24.3 Å². The molecule has 100 valence electrons. The van der Waals surface area contributed by atoms with Crippen LogP contribution in [0.15, 0.2) is 30.5 Å².